The Labute approximate surface area is 91.5 Å². The molecule has 6 heteroatoms. The van der Waals surface area contributed by atoms with E-state index in [9.17, 15) is 4.79 Å². The maximum atomic E-state index is 11.4. The third-order valence-corrected chi connectivity index (χ3v) is 2.77. The highest BCUT2D eigenvalue weighted by Gasteiger charge is 2.35. The maximum absolute atomic E-state index is 11.4. The Morgan fingerprint density at radius 1 is 1.53 bits per heavy atom. The van der Waals surface area contributed by atoms with Gasteiger partial charge in [0.2, 0.25) is 11.2 Å². The minimum absolute atomic E-state index is 0.0136. The summed E-state index contributed by atoms with van der Waals surface area (Å²) in [5.41, 5.74) is 0.655. The molecule has 1 aromatic rings. The molecule has 0 saturated heterocycles. The Bertz CT molecular complexity index is 432. The van der Waals surface area contributed by atoms with Gasteiger partial charge in [0.05, 0.1) is 12.7 Å². The standard InChI is InChI=1S/C9H9ClN4O/c10-9-11-3-6-8(13-9)14(5-1-2-5)4-7(15)12-6/h3,5H,1-2,4H2,(H,12,15). The van der Waals surface area contributed by atoms with Gasteiger partial charge in [-0.1, -0.05) is 0 Å². The van der Waals surface area contributed by atoms with Crippen LogP contribution in [0, 0.1) is 0 Å². The summed E-state index contributed by atoms with van der Waals surface area (Å²) in [4.78, 5) is 21.4. The van der Waals surface area contributed by atoms with E-state index in [-0.39, 0.29) is 11.2 Å². The summed E-state index contributed by atoms with van der Waals surface area (Å²) >= 11 is 5.74. The van der Waals surface area contributed by atoms with Gasteiger partial charge >= 0.3 is 0 Å². The van der Waals surface area contributed by atoms with E-state index in [1.165, 1.54) is 0 Å². The first-order valence-electron chi connectivity index (χ1n) is 4.83. The molecule has 15 heavy (non-hydrogen) atoms. The summed E-state index contributed by atoms with van der Waals surface area (Å²) in [5.74, 6) is 0.734. The minimum Gasteiger partial charge on any atom is -0.342 e. The number of hydrogen-bond acceptors (Lipinski definition) is 4. The molecule has 1 saturated carbocycles. The molecule has 1 aliphatic heterocycles. The fourth-order valence-corrected chi connectivity index (χ4v) is 1.90. The second kappa shape index (κ2) is 3.06. The molecule has 0 bridgehead atoms. The van der Waals surface area contributed by atoms with Gasteiger partial charge < -0.3 is 10.2 Å². The molecule has 1 amide bonds. The maximum Gasteiger partial charge on any atom is 0.244 e. The van der Waals surface area contributed by atoms with E-state index in [2.05, 4.69) is 15.3 Å². The zero-order valence-electron chi connectivity index (χ0n) is 7.90. The number of hydrogen-bond donors (Lipinski definition) is 1. The van der Waals surface area contributed by atoms with Crippen LogP contribution in [0.25, 0.3) is 0 Å². The first-order valence-corrected chi connectivity index (χ1v) is 5.21. The molecule has 1 aliphatic carbocycles. The Hall–Kier alpha value is -1.36. The molecule has 5 nitrogen and oxygen atoms in total. The van der Waals surface area contributed by atoms with Crippen LogP contribution >= 0.6 is 11.6 Å². The molecule has 2 heterocycles. The number of amides is 1. The molecule has 0 unspecified atom stereocenters. The van der Waals surface area contributed by atoms with Crippen molar-refractivity contribution in [3.05, 3.63) is 11.5 Å². The highest BCUT2D eigenvalue weighted by Crippen LogP contribution is 2.36. The molecule has 2 aliphatic rings. The number of carbonyl (C=O) groups is 1. The number of aromatic nitrogens is 2. The van der Waals surface area contributed by atoms with E-state index < -0.39 is 0 Å². The summed E-state index contributed by atoms with van der Waals surface area (Å²) < 4.78 is 0. The minimum atomic E-state index is -0.0136. The lowest BCUT2D eigenvalue weighted by Crippen LogP contribution is -2.40. The lowest BCUT2D eigenvalue weighted by atomic mass is 10.3. The normalized spacial score (nSPS) is 19.8. The van der Waals surface area contributed by atoms with Crippen molar-refractivity contribution in [2.24, 2.45) is 0 Å². The fourth-order valence-electron chi connectivity index (χ4n) is 1.77. The number of fused-ring (bicyclic) bond motifs is 1. The van der Waals surface area contributed by atoms with Gasteiger partial charge in [-0.3, -0.25) is 4.79 Å². The van der Waals surface area contributed by atoms with Crippen LogP contribution < -0.4 is 10.2 Å². The quantitative estimate of drug-likeness (QED) is 0.725. The van der Waals surface area contributed by atoms with Gasteiger partial charge in [-0.25, -0.2) is 4.98 Å². The van der Waals surface area contributed by atoms with Crippen molar-refractivity contribution < 1.29 is 4.79 Å². The van der Waals surface area contributed by atoms with Gasteiger partial charge in [0.25, 0.3) is 0 Å². The Balaban J connectivity index is 2.06. The molecular formula is C9H9ClN4O. The molecule has 1 N–H and O–H groups in total. The van der Waals surface area contributed by atoms with Gasteiger partial charge in [0, 0.05) is 6.04 Å². The number of rotatable bonds is 1. The third kappa shape index (κ3) is 1.52. The highest BCUT2D eigenvalue weighted by molar-refractivity contribution is 6.28. The fraction of sp³-hybridized carbons (Fsp3) is 0.444. The van der Waals surface area contributed by atoms with Crippen molar-refractivity contribution in [1.82, 2.24) is 9.97 Å². The molecule has 1 aromatic heterocycles. The average molecular weight is 225 g/mol. The zero-order valence-corrected chi connectivity index (χ0v) is 8.66. The Kier molecular flexibility index (Phi) is 1.82. The summed E-state index contributed by atoms with van der Waals surface area (Å²) in [5, 5.41) is 2.95. The third-order valence-electron chi connectivity index (χ3n) is 2.59. The SMILES string of the molecule is O=C1CN(C2CC2)c2nc(Cl)ncc2N1. The molecule has 0 atom stereocenters. The molecule has 3 rings (SSSR count). The van der Waals surface area contributed by atoms with E-state index in [4.69, 9.17) is 11.6 Å². The van der Waals surface area contributed by atoms with Gasteiger partial charge in [-0.15, -0.1) is 0 Å². The van der Waals surface area contributed by atoms with Crippen LogP contribution in [0.1, 0.15) is 12.8 Å². The second-order valence-electron chi connectivity index (χ2n) is 3.78. The van der Waals surface area contributed by atoms with Crippen molar-refractivity contribution in [1.29, 1.82) is 0 Å². The van der Waals surface area contributed by atoms with E-state index >= 15 is 0 Å². The van der Waals surface area contributed by atoms with Crippen LogP contribution in [0.4, 0.5) is 11.5 Å². The first kappa shape index (κ1) is 8.91. The summed E-state index contributed by atoms with van der Waals surface area (Å²) in [6.07, 6.45) is 3.79. The van der Waals surface area contributed by atoms with Crippen LogP contribution in [0.15, 0.2) is 6.20 Å². The largest absolute Gasteiger partial charge is 0.342 e. The van der Waals surface area contributed by atoms with Crippen LogP contribution in [0.3, 0.4) is 0 Å². The predicted octanol–water partition coefficient (Wildman–Crippen LogP) is 1.05. The van der Waals surface area contributed by atoms with Crippen LogP contribution in [0.5, 0.6) is 0 Å². The zero-order chi connectivity index (χ0) is 10.4. The first-order chi connectivity index (χ1) is 7.24. The Morgan fingerprint density at radius 2 is 2.33 bits per heavy atom. The van der Waals surface area contributed by atoms with Crippen LogP contribution in [0.2, 0.25) is 5.28 Å². The number of halogens is 1. The van der Waals surface area contributed by atoms with Gasteiger partial charge in [-0.2, -0.15) is 4.98 Å². The van der Waals surface area contributed by atoms with E-state index in [1.54, 1.807) is 6.20 Å². The van der Waals surface area contributed by atoms with E-state index in [1.807, 2.05) is 4.90 Å². The number of nitrogens with zero attached hydrogens (tertiary/aromatic N) is 3. The van der Waals surface area contributed by atoms with Crippen molar-refractivity contribution in [2.75, 3.05) is 16.8 Å². The molecule has 0 radical (unpaired) electrons. The molecule has 78 valence electrons. The molecule has 0 spiro atoms. The van der Waals surface area contributed by atoms with Crippen molar-refractivity contribution in [3.63, 3.8) is 0 Å². The van der Waals surface area contributed by atoms with E-state index in [0.29, 0.717) is 18.3 Å². The second-order valence-corrected chi connectivity index (χ2v) is 4.12. The number of anilines is 2. The van der Waals surface area contributed by atoms with Gasteiger partial charge in [-0.05, 0) is 24.4 Å². The molecule has 0 aromatic carbocycles. The summed E-state index contributed by atoms with van der Waals surface area (Å²) in [7, 11) is 0. The molecule has 1 fully saturated rings. The molecular weight excluding hydrogens is 216 g/mol. The Morgan fingerprint density at radius 3 is 3.07 bits per heavy atom. The van der Waals surface area contributed by atoms with E-state index in [0.717, 1.165) is 18.7 Å². The van der Waals surface area contributed by atoms with Crippen molar-refractivity contribution in [3.8, 4) is 0 Å². The highest BCUT2D eigenvalue weighted by atomic mass is 35.5. The van der Waals surface area contributed by atoms with Crippen molar-refractivity contribution >= 4 is 29.0 Å². The van der Waals surface area contributed by atoms with Crippen LogP contribution in [-0.2, 0) is 4.79 Å². The van der Waals surface area contributed by atoms with Crippen molar-refractivity contribution in [2.45, 2.75) is 18.9 Å². The van der Waals surface area contributed by atoms with Gasteiger partial charge in [0.1, 0.15) is 5.69 Å². The lowest BCUT2D eigenvalue weighted by molar-refractivity contribution is -0.115. The summed E-state index contributed by atoms with van der Waals surface area (Å²) in [6.45, 7) is 0.366. The lowest BCUT2D eigenvalue weighted by Gasteiger charge is -2.29. The van der Waals surface area contributed by atoms with Crippen LogP contribution in [-0.4, -0.2) is 28.5 Å². The van der Waals surface area contributed by atoms with Gasteiger partial charge in [0.15, 0.2) is 5.82 Å². The average Bonchev–Trinajstić information content (AvgIpc) is 3.01. The predicted molar refractivity (Wildman–Crippen MR) is 56.0 cm³/mol. The summed E-state index contributed by atoms with van der Waals surface area (Å²) in [6, 6.07) is 0.445. The smallest absolute Gasteiger partial charge is 0.244 e. The number of nitrogens with one attached hydrogen (secondary N) is 1. The monoisotopic (exact) mass is 224 g/mol. The number of carbonyl (C=O) groups excluding carboxylic acids is 1. The topological polar surface area (TPSA) is 58.1 Å².